The molecule has 35 heavy (non-hydrogen) atoms. The second kappa shape index (κ2) is 10.6. The third kappa shape index (κ3) is 5.48. The number of carboxylic acids is 1. The summed E-state index contributed by atoms with van der Waals surface area (Å²) < 4.78 is 5.52. The molecule has 5 N–H and O–H groups in total. The quantitative estimate of drug-likeness (QED) is 0.347. The maximum Gasteiger partial charge on any atom is 0.335 e. The fraction of sp³-hybridized carbons (Fsp3) is 0.370. The van der Waals surface area contributed by atoms with Crippen LogP contribution in [0.25, 0.3) is 10.9 Å². The number of rotatable bonds is 10. The van der Waals surface area contributed by atoms with Gasteiger partial charge in [-0.05, 0) is 61.1 Å². The number of hydrogen-bond acceptors (Lipinski definition) is 4. The van der Waals surface area contributed by atoms with Gasteiger partial charge in [0.05, 0.1) is 12.7 Å². The van der Waals surface area contributed by atoms with Gasteiger partial charge in [-0.2, -0.15) is 0 Å². The standard InChI is InChI=1S/C27H31N3O5/c1-35-24-13-18(27(33)34)6-8-20(24)19(9-11-25(28)31)22-15-29-23-10-7-17(12-21(22)23)26(32)30-14-16-4-2-3-5-16/h6-8,10,12-13,15-16,19,29H,2-5,9,11,14H2,1H3,(H2,28,31)(H,30,32)(H,33,34). The Morgan fingerprint density at radius 3 is 2.54 bits per heavy atom. The highest BCUT2D eigenvalue weighted by Gasteiger charge is 2.24. The van der Waals surface area contributed by atoms with Crippen LogP contribution in [-0.4, -0.2) is 41.5 Å². The van der Waals surface area contributed by atoms with Crippen molar-refractivity contribution in [1.29, 1.82) is 0 Å². The third-order valence-electron chi connectivity index (χ3n) is 6.91. The number of ether oxygens (including phenoxy) is 1. The molecule has 1 fully saturated rings. The number of nitrogens with two attached hydrogens (primary N) is 1. The molecule has 2 aromatic carbocycles. The van der Waals surface area contributed by atoms with E-state index < -0.39 is 11.9 Å². The van der Waals surface area contributed by atoms with Gasteiger partial charge < -0.3 is 25.9 Å². The lowest BCUT2D eigenvalue weighted by atomic mass is 9.85. The Kier molecular flexibility index (Phi) is 7.39. The Balaban J connectivity index is 1.69. The molecule has 1 aliphatic carbocycles. The van der Waals surface area contributed by atoms with Crippen molar-refractivity contribution in [2.24, 2.45) is 11.7 Å². The number of aromatic amines is 1. The van der Waals surface area contributed by atoms with E-state index in [0.29, 0.717) is 30.2 Å². The van der Waals surface area contributed by atoms with Crippen LogP contribution in [0, 0.1) is 5.92 Å². The molecule has 0 bridgehead atoms. The second-order valence-electron chi connectivity index (χ2n) is 9.18. The smallest absolute Gasteiger partial charge is 0.335 e. The SMILES string of the molecule is COc1cc(C(=O)O)ccc1C(CCC(N)=O)c1c[nH]c2ccc(C(=O)NCC3CCCC3)cc12. The summed E-state index contributed by atoms with van der Waals surface area (Å²) in [5.41, 5.74) is 8.63. The molecule has 0 spiro atoms. The van der Waals surface area contributed by atoms with Crippen LogP contribution in [0.15, 0.2) is 42.6 Å². The summed E-state index contributed by atoms with van der Waals surface area (Å²) in [6.07, 6.45) is 7.18. The van der Waals surface area contributed by atoms with Crippen molar-refractivity contribution in [3.8, 4) is 5.75 Å². The molecular weight excluding hydrogens is 446 g/mol. The number of hydrogen-bond donors (Lipinski definition) is 4. The Labute approximate surface area is 203 Å². The Hall–Kier alpha value is -3.81. The van der Waals surface area contributed by atoms with E-state index in [0.717, 1.165) is 34.9 Å². The van der Waals surface area contributed by atoms with E-state index in [4.69, 9.17) is 10.5 Å². The number of carboxylic acid groups (broad SMARTS) is 1. The predicted molar refractivity (Wildman–Crippen MR) is 133 cm³/mol. The molecule has 1 atom stereocenters. The molecule has 8 heteroatoms. The van der Waals surface area contributed by atoms with Gasteiger partial charge >= 0.3 is 5.97 Å². The highest BCUT2D eigenvalue weighted by molar-refractivity contribution is 5.99. The van der Waals surface area contributed by atoms with E-state index in [-0.39, 0.29) is 23.8 Å². The van der Waals surface area contributed by atoms with Gasteiger partial charge in [0, 0.05) is 47.1 Å². The molecule has 8 nitrogen and oxygen atoms in total. The summed E-state index contributed by atoms with van der Waals surface area (Å²) in [6.45, 7) is 0.686. The minimum absolute atomic E-state index is 0.108. The fourth-order valence-electron chi connectivity index (χ4n) is 5.02. The zero-order valence-electron chi connectivity index (χ0n) is 19.8. The number of carbonyl (C=O) groups is 3. The fourth-order valence-corrected chi connectivity index (χ4v) is 5.02. The average molecular weight is 478 g/mol. The summed E-state index contributed by atoms with van der Waals surface area (Å²) in [5.74, 6) is -0.926. The van der Waals surface area contributed by atoms with Crippen molar-refractivity contribution >= 4 is 28.7 Å². The maximum atomic E-state index is 12.9. The number of fused-ring (bicyclic) bond motifs is 1. The van der Waals surface area contributed by atoms with Crippen molar-refractivity contribution in [3.63, 3.8) is 0 Å². The van der Waals surface area contributed by atoms with E-state index in [2.05, 4.69) is 10.3 Å². The van der Waals surface area contributed by atoms with Gasteiger partial charge in [0.15, 0.2) is 0 Å². The number of benzene rings is 2. The zero-order chi connectivity index (χ0) is 24.9. The number of aromatic carboxylic acids is 1. The zero-order valence-corrected chi connectivity index (χ0v) is 19.8. The molecular formula is C27H31N3O5. The molecule has 1 aromatic heterocycles. The number of nitrogens with one attached hydrogen (secondary N) is 2. The van der Waals surface area contributed by atoms with Crippen LogP contribution in [0.1, 0.15) is 76.3 Å². The van der Waals surface area contributed by atoms with Crippen LogP contribution in [0.5, 0.6) is 5.75 Å². The van der Waals surface area contributed by atoms with Gasteiger partial charge in [0.1, 0.15) is 5.75 Å². The molecule has 184 valence electrons. The van der Waals surface area contributed by atoms with Crippen molar-refractivity contribution < 1.29 is 24.2 Å². The number of amides is 2. The summed E-state index contributed by atoms with van der Waals surface area (Å²) in [4.78, 5) is 39.2. The highest BCUT2D eigenvalue weighted by atomic mass is 16.5. The third-order valence-corrected chi connectivity index (χ3v) is 6.91. The normalized spacial score (nSPS) is 14.7. The Morgan fingerprint density at radius 1 is 1.11 bits per heavy atom. The largest absolute Gasteiger partial charge is 0.496 e. The molecule has 0 radical (unpaired) electrons. The number of aromatic nitrogens is 1. The average Bonchev–Trinajstić information content (AvgIpc) is 3.52. The number of methoxy groups -OCH3 is 1. The van der Waals surface area contributed by atoms with E-state index in [1.807, 2.05) is 18.3 Å². The summed E-state index contributed by atoms with van der Waals surface area (Å²) in [6, 6.07) is 10.2. The van der Waals surface area contributed by atoms with Gasteiger partial charge in [0.25, 0.3) is 5.91 Å². The predicted octanol–water partition coefficient (Wildman–Crippen LogP) is 4.19. The molecule has 0 saturated heterocycles. The van der Waals surface area contributed by atoms with Crippen LogP contribution in [0.2, 0.25) is 0 Å². The van der Waals surface area contributed by atoms with Crippen LogP contribution in [-0.2, 0) is 4.79 Å². The molecule has 1 saturated carbocycles. The monoisotopic (exact) mass is 477 g/mol. The second-order valence-corrected chi connectivity index (χ2v) is 9.18. The van der Waals surface area contributed by atoms with Gasteiger partial charge in [0.2, 0.25) is 5.91 Å². The summed E-state index contributed by atoms with van der Waals surface area (Å²) in [5, 5.41) is 13.3. The van der Waals surface area contributed by atoms with Gasteiger partial charge in [-0.3, -0.25) is 9.59 Å². The van der Waals surface area contributed by atoms with E-state index in [1.165, 1.54) is 32.1 Å². The number of carbonyl (C=O) groups excluding carboxylic acids is 2. The van der Waals surface area contributed by atoms with Crippen LogP contribution < -0.4 is 15.8 Å². The molecule has 1 aliphatic rings. The van der Waals surface area contributed by atoms with Gasteiger partial charge in [-0.1, -0.05) is 18.9 Å². The summed E-state index contributed by atoms with van der Waals surface area (Å²) >= 11 is 0. The van der Waals surface area contributed by atoms with Crippen LogP contribution in [0.4, 0.5) is 0 Å². The molecule has 1 unspecified atom stereocenters. The first-order valence-electron chi connectivity index (χ1n) is 12.0. The highest BCUT2D eigenvalue weighted by Crippen LogP contribution is 2.39. The topological polar surface area (TPSA) is 135 Å². The van der Waals surface area contributed by atoms with Crippen molar-refractivity contribution in [2.45, 2.75) is 44.4 Å². The molecule has 0 aliphatic heterocycles. The molecule has 4 rings (SSSR count). The molecule has 3 aromatic rings. The van der Waals surface area contributed by atoms with Crippen molar-refractivity contribution in [2.75, 3.05) is 13.7 Å². The lowest BCUT2D eigenvalue weighted by molar-refractivity contribution is -0.118. The maximum absolute atomic E-state index is 12.9. The lowest BCUT2D eigenvalue weighted by Crippen LogP contribution is -2.28. The Bertz CT molecular complexity index is 1240. The van der Waals surface area contributed by atoms with E-state index >= 15 is 0 Å². The van der Waals surface area contributed by atoms with E-state index in [9.17, 15) is 19.5 Å². The number of primary amides is 1. The molecule has 1 heterocycles. The number of H-pyrrole nitrogens is 1. The van der Waals surface area contributed by atoms with Crippen LogP contribution in [0.3, 0.4) is 0 Å². The summed E-state index contributed by atoms with van der Waals surface area (Å²) in [7, 11) is 1.48. The molecule has 2 amide bonds. The minimum Gasteiger partial charge on any atom is -0.496 e. The lowest BCUT2D eigenvalue weighted by Gasteiger charge is -2.20. The minimum atomic E-state index is -1.05. The van der Waals surface area contributed by atoms with Gasteiger partial charge in [-0.15, -0.1) is 0 Å². The van der Waals surface area contributed by atoms with Crippen LogP contribution >= 0.6 is 0 Å². The van der Waals surface area contributed by atoms with E-state index in [1.54, 1.807) is 12.1 Å². The first-order chi connectivity index (χ1) is 16.9. The first kappa shape index (κ1) is 24.3. The Morgan fingerprint density at radius 2 is 1.86 bits per heavy atom. The van der Waals surface area contributed by atoms with Crippen molar-refractivity contribution in [3.05, 3.63) is 64.8 Å². The van der Waals surface area contributed by atoms with Crippen molar-refractivity contribution in [1.82, 2.24) is 10.3 Å². The van der Waals surface area contributed by atoms with Gasteiger partial charge in [-0.25, -0.2) is 4.79 Å². The first-order valence-corrected chi connectivity index (χ1v) is 12.0.